The van der Waals surface area contributed by atoms with E-state index in [9.17, 15) is 4.79 Å². The van der Waals surface area contributed by atoms with Crippen molar-refractivity contribution in [3.63, 3.8) is 0 Å². The molecule has 0 saturated carbocycles. The first-order valence-electron chi connectivity index (χ1n) is 4.67. The fourth-order valence-corrected chi connectivity index (χ4v) is 2.00. The topological polar surface area (TPSA) is 72.7 Å². The molecular weight excluding hydrogens is 226 g/mol. The lowest BCUT2D eigenvalue weighted by molar-refractivity contribution is 0.102. The van der Waals surface area contributed by atoms with Crippen LogP contribution >= 0.6 is 11.3 Å². The van der Waals surface area contributed by atoms with Crippen LogP contribution in [0.4, 0.5) is 5.95 Å². The highest BCUT2D eigenvalue weighted by Gasteiger charge is 2.14. The van der Waals surface area contributed by atoms with Gasteiger partial charge in [0.25, 0.3) is 5.91 Å². The Morgan fingerprint density at radius 3 is 2.75 bits per heavy atom. The number of nitrogens with one attached hydrogen (secondary N) is 1. The summed E-state index contributed by atoms with van der Waals surface area (Å²) in [5, 5.41) is 6.74. The van der Waals surface area contributed by atoms with Crippen LogP contribution in [0.25, 0.3) is 0 Å². The van der Waals surface area contributed by atoms with Crippen molar-refractivity contribution >= 4 is 23.2 Å². The maximum atomic E-state index is 11.8. The second-order valence-corrected chi connectivity index (χ2v) is 4.18. The lowest BCUT2D eigenvalue weighted by Gasteiger charge is -2.01. The third-order valence-electron chi connectivity index (χ3n) is 2.05. The Kier molecular flexibility index (Phi) is 2.69. The molecule has 0 fully saturated rings. The van der Waals surface area contributed by atoms with E-state index in [1.54, 1.807) is 26.4 Å². The van der Waals surface area contributed by atoms with Gasteiger partial charge in [0.15, 0.2) is 0 Å². The Hall–Kier alpha value is -1.76. The number of aryl methyl sites for hydroxylation is 3. The number of hydrogen-bond acceptors (Lipinski definition) is 5. The van der Waals surface area contributed by atoms with Gasteiger partial charge in [-0.05, 0) is 13.8 Å². The zero-order chi connectivity index (χ0) is 11.7. The Morgan fingerprint density at radius 1 is 1.50 bits per heavy atom. The zero-order valence-electron chi connectivity index (χ0n) is 9.18. The summed E-state index contributed by atoms with van der Waals surface area (Å²) >= 11 is 1.31. The van der Waals surface area contributed by atoms with Gasteiger partial charge < -0.3 is 0 Å². The molecule has 0 aromatic carbocycles. The molecule has 0 saturated heterocycles. The Labute approximate surface area is 96.3 Å². The summed E-state index contributed by atoms with van der Waals surface area (Å²) in [7, 11) is 1.73. The Balaban J connectivity index is 2.20. The van der Waals surface area contributed by atoms with Crippen LogP contribution in [0.15, 0.2) is 5.51 Å². The number of amides is 1. The molecule has 0 aliphatic carbocycles. The van der Waals surface area contributed by atoms with E-state index >= 15 is 0 Å². The third-order valence-corrected chi connectivity index (χ3v) is 2.97. The van der Waals surface area contributed by atoms with Crippen molar-refractivity contribution in [3.05, 3.63) is 21.9 Å². The van der Waals surface area contributed by atoms with Gasteiger partial charge in [-0.3, -0.25) is 10.1 Å². The smallest absolute Gasteiger partial charge is 0.270 e. The minimum absolute atomic E-state index is 0.199. The van der Waals surface area contributed by atoms with Crippen molar-refractivity contribution < 1.29 is 4.79 Å². The van der Waals surface area contributed by atoms with Crippen LogP contribution in [0.5, 0.6) is 0 Å². The predicted octanol–water partition coefficient (Wildman–Crippen LogP) is 1.14. The van der Waals surface area contributed by atoms with E-state index < -0.39 is 0 Å². The van der Waals surface area contributed by atoms with Crippen LogP contribution in [-0.2, 0) is 7.05 Å². The second kappa shape index (κ2) is 4.01. The van der Waals surface area contributed by atoms with Crippen molar-refractivity contribution in [3.8, 4) is 0 Å². The molecule has 2 rings (SSSR count). The molecule has 7 heteroatoms. The van der Waals surface area contributed by atoms with Gasteiger partial charge in [0.1, 0.15) is 10.7 Å². The van der Waals surface area contributed by atoms with E-state index in [1.807, 2.05) is 0 Å². The normalized spacial score (nSPS) is 10.4. The van der Waals surface area contributed by atoms with Gasteiger partial charge in [-0.15, -0.1) is 11.3 Å². The van der Waals surface area contributed by atoms with Gasteiger partial charge >= 0.3 is 0 Å². The molecule has 0 aliphatic rings. The van der Waals surface area contributed by atoms with Gasteiger partial charge in [-0.1, -0.05) is 0 Å². The molecule has 6 nitrogen and oxygen atoms in total. The van der Waals surface area contributed by atoms with E-state index in [0.29, 0.717) is 16.6 Å². The van der Waals surface area contributed by atoms with Gasteiger partial charge in [0.2, 0.25) is 5.95 Å². The van der Waals surface area contributed by atoms with Crippen molar-refractivity contribution in [2.24, 2.45) is 7.05 Å². The molecule has 0 atom stereocenters. The number of aromatic nitrogens is 4. The van der Waals surface area contributed by atoms with Crippen molar-refractivity contribution in [2.45, 2.75) is 13.8 Å². The number of carbonyl (C=O) groups excluding carboxylic acids is 1. The highest BCUT2D eigenvalue weighted by molar-refractivity contribution is 7.12. The Bertz CT molecular complexity index is 530. The minimum atomic E-state index is -0.199. The molecule has 2 aromatic heterocycles. The van der Waals surface area contributed by atoms with E-state index in [-0.39, 0.29) is 5.91 Å². The zero-order valence-corrected chi connectivity index (χ0v) is 10.00. The number of rotatable bonds is 2. The highest BCUT2D eigenvalue weighted by atomic mass is 32.1. The molecule has 0 radical (unpaired) electrons. The number of thiazole rings is 1. The number of hydrogen-bond donors (Lipinski definition) is 1. The summed E-state index contributed by atoms with van der Waals surface area (Å²) < 4.78 is 1.53. The van der Waals surface area contributed by atoms with Crippen LogP contribution in [0.2, 0.25) is 0 Å². The average Bonchev–Trinajstić information content (AvgIpc) is 2.74. The van der Waals surface area contributed by atoms with Crippen molar-refractivity contribution in [1.82, 2.24) is 19.7 Å². The van der Waals surface area contributed by atoms with E-state index in [4.69, 9.17) is 0 Å². The summed E-state index contributed by atoms with van der Waals surface area (Å²) in [5.41, 5.74) is 2.37. The predicted molar refractivity (Wildman–Crippen MR) is 60.5 cm³/mol. The molecule has 0 aliphatic heterocycles. The van der Waals surface area contributed by atoms with E-state index in [2.05, 4.69) is 20.4 Å². The molecule has 1 N–H and O–H groups in total. The van der Waals surface area contributed by atoms with Crippen LogP contribution in [0.3, 0.4) is 0 Å². The highest BCUT2D eigenvalue weighted by Crippen LogP contribution is 2.14. The maximum Gasteiger partial charge on any atom is 0.270 e. The van der Waals surface area contributed by atoms with E-state index in [0.717, 1.165) is 5.69 Å². The molecule has 2 aromatic rings. The SMILES string of the molecule is Cc1nc(NC(=O)c2scnc2C)n(C)n1. The summed E-state index contributed by atoms with van der Waals surface area (Å²) in [4.78, 5) is 20.5. The third kappa shape index (κ3) is 1.94. The van der Waals surface area contributed by atoms with Crippen molar-refractivity contribution in [1.29, 1.82) is 0 Å². The van der Waals surface area contributed by atoms with E-state index in [1.165, 1.54) is 16.0 Å². The number of carbonyl (C=O) groups is 1. The maximum absolute atomic E-state index is 11.8. The van der Waals surface area contributed by atoms with Crippen LogP contribution in [-0.4, -0.2) is 25.7 Å². The lowest BCUT2D eigenvalue weighted by Crippen LogP contribution is -2.15. The summed E-state index contributed by atoms with van der Waals surface area (Å²) in [6, 6.07) is 0. The summed E-state index contributed by atoms with van der Waals surface area (Å²) in [6.45, 7) is 3.57. The fourth-order valence-electron chi connectivity index (χ4n) is 1.30. The standard InChI is InChI=1S/C9H11N5OS/c1-5-7(16-4-10-5)8(15)12-9-11-6(2)13-14(9)3/h4H,1-3H3,(H,11,12,13,15). The van der Waals surface area contributed by atoms with Crippen LogP contribution in [0.1, 0.15) is 21.2 Å². The monoisotopic (exact) mass is 237 g/mol. The second-order valence-electron chi connectivity index (χ2n) is 3.33. The Morgan fingerprint density at radius 2 is 2.25 bits per heavy atom. The quantitative estimate of drug-likeness (QED) is 0.850. The van der Waals surface area contributed by atoms with Gasteiger partial charge in [0, 0.05) is 7.05 Å². The van der Waals surface area contributed by atoms with Crippen molar-refractivity contribution in [2.75, 3.05) is 5.32 Å². The minimum Gasteiger partial charge on any atom is -0.290 e. The molecule has 16 heavy (non-hydrogen) atoms. The molecular formula is C9H11N5OS. The first-order chi connectivity index (χ1) is 7.58. The molecule has 0 unspecified atom stereocenters. The average molecular weight is 237 g/mol. The first-order valence-corrected chi connectivity index (χ1v) is 5.55. The fraction of sp³-hybridized carbons (Fsp3) is 0.333. The summed E-state index contributed by atoms with van der Waals surface area (Å²) in [6.07, 6.45) is 0. The number of nitrogens with zero attached hydrogens (tertiary/aromatic N) is 4. The van der Waals surface area contributed by atoms with Gasteiger partial charge in [0.05, 0.1) is 11.2 Å². The first kappa shape index (κ1) is 10.7. The molecule has 1 amide bonds. The summed E-state index contributed by atoms with van der Waals surface area (Å²) in [5.74, 6) is 0.865. The largest absolute Gasteiger partial charge is 0.290 e. The lowest BCUT2D eigenvalue weighted by atomic mass is 10.4. The van der Waals surface area contributed by atoms with Gasteiger partial charge in [-0.25, -0.2) is 9.67 Å². The molecule has 84 valence electrons. The van der Waals surface area contributed by atoms with Crippen LogP contribution < -0.4 is 5.32 Å². The number of anilines is 1. The molecule has 2 heterocycles. The molecule has 0 bridgehead atoms. The molecule has 0 spiro atoms. The van der Waals surface area contributed by atoms with Gasteiger partial charge in [-0.2, -0.15) is 10.1 Å². The van der Waals surface area contributed by atoms with Crippen LogP contribution in [0, 0.1) is 13.8 Å².